The minimum atomic E-state index is -0.368. The number of carbonyl (C=O) groups excluding carboxylic acids is 1. The number of halogens is 2. The lowest BCUT2D eigenvalue weighted by atomic mass is 10.0. The number of amides is 1. The lowest BCUT2D eigenvalue weighted by Gasteiger charge is -2.42. The molecule has 1 saturated heterocycles. The molecule has 0 saturated carbocycles. The first kappa shape index (κ1) is 13.5. The zero-order valence-electron chi connectivity index (χ0n) is 10.4. The summed E-state index contributed by atoms with van der Waals surface area (Å²) >= 11 is 3.10. The van der Waals surface area contributed by atoms with Crippen LogP contribution in [0.2, 0.25) is 0 Å². The van der Waals surface area contributed by atoms with Gasteiger partial charge in [-0.25, -0.2) is 4.39 Å². The Morgan fingerprint density at radius 1 is 1.50 bits per heavy atom. The molecule has 5 heteroatoms. The molecule has 1 fully saturated rings. The van der Waals surface area contributed by atoms with Crippen molar-refractivity contribution in [2.24, 2.45) is 0 Å². The molecule has 1 aromatic rings. The van der Waals surface area contributed by atoms with Crippen LogP contribution >= 0.6 is 15.9 Å². The van der Waals surface area contributed by atoms with Crippen LogP contribution in [-0.2, 0) is 4.74 Å². The molecule has 0 aliphatic carbocycles. The summed E-state index contributed by atoms with van der Waals surface area (Å²) in [6, 6.07) is 4.32. The molecule has 0 unspecified atom stereocenters. The molecule has 98 valence electrons. The standard InChI is InChI=1S/C13H15BrFNO2/c1-13(2)8-18-6-5-16(13)12(17)9-3-4-11(15)10(14)7-9/h3-4,7H,5-6,8H2,1-2H3. The Hall–Kier alpha value is -0.940. The van der Waals surface area contributed by atoms with Crippen LogP contribution < -0.4 is 0 Å². The fourth-order valence-corrected chi connectivity index (χ4v) is 2.40. The summed E-state index contributed by atoms with van der Waals surface area (Å²) in [5, 5.41) is 0. The van der Waals surface area contributed by atoms with Crippen LogP contribution in [0, 0.1) is 5.82 Å². The normalized spacial score (nSPS) is 18.8. The quantitative estimate of drug-likeness (QED) is 0.797. The fourth-order valence-electron chi connectivity index (χ4n) is 2.02. The summed E-state index contributed by atoms with van der Waals surface area (Å²) in [5.74, 6) is -0.461. The number of ether oxygens (including phenoxy) is 1. The molecule has 1 amide bonds. The molecule has 2 rings (SSSR count). The number of hydrogen-bond donors (Lipinski definition) is 0. The molecule has 0 N–H and O–H groups in total. The number of morpholine rings is 1. The molecular formula is C13H15BrFNO2. The van der Waals surface area contributed by atoms with Crippen molar-refractivity contribution in [2.45, 2.75) is 19.4 Å². The van der Waals surface area contributed by atoms with Gasteiger partial charge in [-0.15, -0.1) is 0 Å². The SMILES string of the molecule is CC1(C)COCCN1C(=O)c1ccc(F)c(Br)c1. The van der Waals surface area contributed by atoms with Crippen molar-refractivity contribution < 1.29 is 13.9 Å². The smallest absolute Gasteiger partial charge is 0.254 e. The number of benzene rings is 1. The Morgan fingerprint density at radius 2 is 2.22 bits per heavy atom. The van der Waals surface area contributed by atoms with Gasteiger partial charge in [0.05, 0.1) is 23.2 Å². The molecule has 0 spiro atoms. The van der Waals surface area contributed by atoms with Gasteiger partial charge in [-0.3, -0.25) is 4.79 Å². The minimum absolute atomic E-state index is 0.0935. The van der Waals surface area contributed by atoms with Crippen molar-refractivity contribution in [2.75, 3.05) is 19.8 Å². The lowest BCUT2D eigenvalue weighted by Crippen LogP contribution is -2.55. The van der Waals surface area contributed by atoms with E-state index in [2.05, 4.69) is 15.9 Å². The Balaban J connectivity index is 2.27. The van der Waals surface area contributed by atoms with Gasteiger partial charge in [-0.05, 0) is 48.0 Å². The van der Waals surface area contributed by atoms with Gasteiger partial charge in [0.2, 0.25) is 0 Å². The summed E-state index contributed by atoms with van der Waals surface area (Å²) in [4.78, 5) is 14.2. The van der Waals surface area contributed by atoms with E-state index < -0.39 is 0 Å². The van der Waals surface area contributed by atoms with E-state index in [0.717, 1.165) is 0 Å². The van der Waals surface area contributed by atoms with Crippen LogP contribution in [0.3, 0.4) is 0 Å². The van der Waals surface area contributed by atoms with Crippen LogP contribution in [0.1, 0.15) is 24.2 Å². The zero-order chi connectivity index (χ0) is 13.3. The predicted octanol–water partition coefficient (Wildman–Crippen LogP) is 2.84. The number of carbonyl (C=O) groups is 1. The maximum Gasteiger partial charge on any atom is 0.254 e. The van der Waals surface area contributed by atoms with Crippen molar-refractivity contribution in [1.29, 1.82) is 0 Å². The molecule has 0 radical (unpaired) electrons. The van der Waals surface area contributed by atoms with Gasteiger partial charge in [0.25, 0.3) is 5.91 Å². The lowest BCUT2D eigenvalue weighted by molar-refractivity contribution is -0.0370. The zero-order valence-corrected chi connectivity index (χ0v) is 12.0. The van der Waals surface area contributed by atoms with E-state index in [9.17, 15) is 9.18 Å². The maximum absolute atomic E-state index is 13.2. The maximum atomic E-state index is 13.2. The van der Waals surface area contributed by atoms with E-state index in [1.165, 1.54) is 18.2 Å². The van der Waals surface area contributed by atoms with Crippen molar-refractivity contribution in [3.8, 4) is 0 Å². The van der Waals surface area contributed by atoms with Gasteiger partial charge in [-0.1, -0.05) is 0 Å². The summed E-state index contributed by atoms with van der Waals surface area (Å²) in [6.45, 7) is 5.53. The molecule has 18 heavy (non-hydrogen) atoms. The van der Waals surface area contributed by atoms with Crippen LogP contribution in [-0.4, -0.2) is 36.1 Å². The van der Waals surface area contributed by atoms with E-state index in [1.54, 1.807) is 4.90 Å². The van der Waals surface area contributed by atoms with Gasteiger partial charge >= 0.3 is 0 Å². The molecule has 1 aromatic carbocycles. The third-order valence-electron chi connectivity index (χ3n) is 3.06. The van der Waals surface area contributed by atoms with Gasteiger partial charge < -0.3 is 9.64 Å². The Labute approximate surface area is 114 Å². The third kappa shape index (κ3) is 2.57. The highest BCUT2D eigenvalue weighted by atomic mass is 79.9. The second-order valence-corrected chi connectivity index (χ2v) is 5.81. The second-order valence-electron chi connectivity index (χ2n) is 4.95. The van der Waals surface area contributed by atoms with Gasteiger partial charge in [0.1, 0.15) is 5.82 Å². The van der Waals surface area contributed by atoms with Crippen molar-refractivity contribution in [1.82, 2.24) is 4.90 Å². The summed E-state index contributed by atoms with van der Waals surface area (Å²) < 4.78 is 18.9. The topological polar surface area (TPSA) is 29.5 Å². The summed E-state index contributed by atoms with van der Waals surface area (Å²) in [7, 11) is 0. The van der Waals surface area contributed by atoms with Crippen molar-refractivity contribution in [3.63, 3.8) is 0 Å². The minimum Gasteiger partial charge on any atom is -0.377 e. The highest BCUT2D eigenvalue weighted by molar-refractivity contribution is 9.10. The second kappa shape index (κ2) is 4.97. The van der Waals surface area contributed by atoms with Gasteiger partial charge in [-0.2, -0.15) is 0 Å². The van der Waals surface area contributed by atoms with Crippen LogP contribution in [0.15, 0.2) is 22.7 Å². The molecule has 0 aromatic heterocycles. The van der Waals surface area contributed by atoms with E-state index in [1.807, 2.05) is 13.8 Å². The Bertz CT molecular complexity index is 476. The van der Waals surface area contributed by atoms with Crippen LogP contribution in [0.25, 0.3) is 0 Å². The van der Waals surface area contributed by atoms with Crippen molar-refractivity contribution in [3.05, 3.63) is 34.1 Å². The average molecular weight is 316 g/mol. The monoisotopic (exact) mass is 315 g/mol. The van der Waals surface area contributed by atoms with Crippen molar-refractivity contribution >= 4 is 21.8 Å². The van der Waals surface area contributed by atoms with Gasteiger partial charge in [0.15, 0.2) is 0 Å². The number of nitrogens with zero attached hydrogens (tertiary/aromatic N) is 1. The first-order valence-electron chi connectivity index (χ1n) is 5.76. The molecule has 1 aliphatic rings. The molecule has 0 atom stereocenters. The van der Waals surface area contributed by atoms with Crippen LogP contribution in [0.5, 0.6) is 0 Å². The highest BCUT2D eigenvalue weighted by Crippen LogP contribution is 2.24. The highest BCUT2D eigenvalue weighted by Gasteiger charge is 2.34. The van der Waals surface area contributed by atoms with E-state index >= 15 is 0 Å². The molecule has 0 bridgehead atoms. The predicted molar refractivity (Wildman–Crippen MR) is 70.0 cm³/mol. The van der Waals surface area contributed by atoms with E-state index in [-0.39, 0.29) is 17.3 Å². The molecule has 3 nitrogen and oxygen atoms in total. The third-order valence-corrected chi connectivity index (χ3v) is 3.66. The Kier molecular flexibility index (Phi) is 3.73. The molecule has 1 aliphatic heterocycles. The summed E-state index contributed by atoms with van der Waals surface area (Å²) in [5.41, 5.74) is 0.147. The summed E-state index contributed by atoms with van der Waals surface area (Å²) in [6.07, 6.45) is 0. The van der Waals surface area contributed by atoms with Gasteiger partial charge in [0, 0.05) is 12.1 Å². The largest absolute Gasteiger partial charge is 0.377 e. The first-order valence-corrected chi connectivity index (χ1v) is 6.56. The average Bonchev–Trinajstić information content (AvgIpc) is 2.31. The van der Waals surface area contributed by atoms with E-state index in [0.29, 0.717) is 29.8 Å². The Morgan fingerprint density at radius 3 is 2.83 bits per heavy atom. The van der Waals surface area contributed by atoms with E-state index in [4.69, 9.17) is 4.74 Å². The molecule has 1 heterocycles. The number of rotatable bonds is 1. The molecular weight excluding hydrogens is 301 g/mol. The first-order chi connectivity index (χ1) is 8.42. The fraction of sp³-hybridized carbons (Fsp3) is 0.462. The van der Waals surface area contributed by atoms with Crippen LogP contribution in [0.4, 0.5) is 4.39 Å². The number of hydrogen-bond acceptors (Lipinski definition) is 2.